The molecule has 0 radical (unpaired) electrons. The number of rotatable bonds is 8. The normalized spacial score (nSPS) is 9.50. The predicted molar refractivity (Wildman–Crippen MR) is 103 cm³/mol. The molecule has 0 spiro atoms. The number of amides is 2. The van der Waals surface area contributed by atoms with Crippen molar-refractivity contribution in [2.24, 2.45) is 0 Å². The summed E-state index contributed by atoms with van der Waals surface area (Å²) in [5.41, 5.74) is 2.02. The SMILES string of the molecule is O=C(NCc1ccccc1)OCCO.O=C(NCc1ccccc1)OCCO. The fraction of sp³-hybridized carbons (Fsp3) is 0.300. The Kier molecular flexibility index (Phi) is 12.3. The summed E-state index contributed by atoms with van der Waals surface area (Å²) >= 11 is 0. The summed E-state index contributed by atoms with van der Waals surface area (Å²) in [6.07, 6.45) is -1.02. The van der Waals surface area contributed by atoms with Crippen molar-refractivity contribution in [3.8, 4) is 0 Å². The molecular formula is C20H26N2O6. The van der Waals surface area contributed by atoms with Crippen molar-refractivity contribution in [3.63, 3.8) is 0 Å². The van der Waals surface area contributed by atoms with Gasteiger partial charge in [-0.15, -0.1) is 0 Å². The van der Waals surface area contributed by atoms with E-state index in [9.17, 15) is 9.59 Å². The fourth-order valence-electron chi connectivity index (χ4n) is 1.92. The zero-order valence-electron chi connectivity index (χ0n) is 15.5. The van der Waals surface area contributed by atoms with E-state index < -0.39 is 12.2 Å². The topological polar surface area (TPSA) is 117 Å². The van der Waals surface area contributed by atoms with Crippen LogP contribution in [0.15, 0.2) is 60.7 Å². The molecule has 8 nitrogen and oxygen atoms in total. The van der Waals surface area contributed by atoms with Crippen molar-refractivity contribution < 1.29 is 29.3 Å². The maximum atomic E-state index is 10.9. The number of carbonyl (C=O) groups is 2. The van der Waals surface area contributed by atoms with Crippen molar-refractivity contribution >= 4 is 12.2 Å². The van der Waals surface area contributed by atoms with Gasteiger partial charge in [0.2, 0.25) is 0 Å². The Hall–Kier alpha value is -3.10. The third-order valence-electron chi connectivity index (χ3n) is 3.21. The number of hydrogen-bond donors (Lipinski definition) is 4. The minimum atomic E-state index is -0.511. The molecule has 0 saturated carbocycles. The first-order chi connectivity index (χ1) is 13.7. The van der Waals surface area contributed by atoms with Crippen molar-refractivity contribution in [2.75, 3.05) is 26.4 Å². The highest BCUT2D eigenvalue weighted by Crippen LogP contribution is 1.98. The molecule has 8 heteroatoms. The number of benzene rings is 2. The van der Waals surface area contributed by atoms with Crippen LogP contribution in [-0.4, -0.2) is 48.8 Å². The lowest BCUT2D eigenvalue weighted by molar-refractivity contribution is 0.118. The van der Waals surface area contributed by atoms with E-state index in [4.69, 9.17) is 10.2 Å². The minimum absolute atomic E-state index is 0.0284. The van der Waals surface area contributed by atoms with Gasteiger partial charge in [0.05, 0.1) is 13.2 Å². The largest absolute Gasteiger partial charge is 0.447 e. The Morgan fingerprint density at radius 2 is 1.04 bits per heavy atom. The number of aliphatic hydroxyl groups is 2. The molecule has 0 aromatic heterocycles. The average molecular weight is 390 g/mol. The van der Waals surface area contributed by atoms with Crippen LogP contribution in [0.3, 0.4) is 0 Å². The first kappa shape index (κ1) is 22.9. The molecule has 152 valence electrons. The summed E-state index contributed by atoms with van der Waals surface area (Å²) in [5, 5.41) is 21.9. The lowest BCUT2D eigenvalue weighted by Gasteiger charge is -2.05. The van der Waals surface area contributed by atoms with E-state index in [0.29, 0.717) is 13.1 Å². The van der Waals surface area contributed by atoms with Gasteiger partial charge < -0.3 is 30.3 Å². The molecule has 2 amide bonds. The molecule has 0 aliphatic carbocycles. The third-order valence-corrected chi connectivity index (χ3v) is 3.21. The Labute approximate surface area is 164 Å². The van der Waals surface area contributed by atoms with Crippen molar-refractivity contribution in [1.29, 1.82) is 0 Å². The third kappa shape index (κ3) is 11.5. The molecule has 0 atom stereocenters. The monoisotopic (exact) mass is 390 g/mol. The summed E-state index contributed by atoms with van der Waals surface area (Å²) < 4.78 is 9.23. The molecule has 2 aromatic carbocycles. The van der Waals surface area contributed by atoms with E-state index in [1.54, 1.807) is 0 Å². The van der Waals surface area contributed by atoms with Crippen LogP contribution in [0.2, 0.25) is 0 Å². The lowest BCUT2D eigenvalue weighted by atomic mass is 10.2. The molecule has 2 rings (SSSR count). The van der Waals surface area contributed by atoms with Gasteiger partial charge in [0.25, 0.3) is 0 Å². The summed E-state index contributed by atoms with van der Waals surface area (Å²) in [7, 11) is 0. The molecular weight excluding hydrogens is 364 g/mol. The molecule has 0 aliphatic rings. The zero-order chi connectivity index (χ0) is 20.5. The average Bonchev–Trinajstić information content (AvgIpc) is 2.75. The molecule has 4 N–H and O–H groups in total. The summed E-state index contributed by atoms with van der Waals surface area (Å²) in [5.74, 6) is 0. The Morgan fingerprint density at radius 1 is 0.679 bits per heavy atom. The van der Waals surface area contributed by atoms with E-state index in [2.05, 4.69) is 20.1 Å². The van der Waals surface area contributed by atoms with Crippen LogP contribution in [0, 0.1) is 0 Å². The van der Waals surface area contributed by atoms with E-state index in [1.807, 2.05) is 60.7 Å². The van der Waals surface area contributed by atoms with E-state index in [0.717, 1.165) is 11.1 Å². The summed E-state index contributed by atoms with van der Waals surface area (Å²) in [6.45, 7) is 0.620. The molecule has 0 bridgehead atoms. The standard InChI is InChI=1S/2C10H13NO3/c2*12-6-7-14-10(13)11-8-9-4-2-1-3-5-9/h2*1-5,12H,6-8H2,(H,11,13). The van der Waals surface area contributed by atoms with Crippen molar-refractivity contribution in [3.05, 3.63) is 71.8 Å². The second kappa shape index (κ2) is 15.0. The maximum Gasteiger partial charge on any atom is 0.407 e. The van der Waals surface area contributed by atoms with Gasteiger partial charge in [-0.05, 0) is 11.1 Å². The Morgan fingerprint density at radius 3 is 1.36 bits per heavy atom. The molecule has 0 heterocycles. The Balaban J connectivity index is 0.000000280. The molecule has 0 unspecified atom stereocenters. The number of hydrogen-bond acceptors (Lipinski definition) is 6. The molecule has 2 aromatic rings. The Bertz CT molecular complexity index is 607. The van der Waals surface area contributed by atoms with Crippen LogP contribution in [0.5, 0.6) is 0 Å². The smallest absolute Gasteiger partial charge is 0.407 e. The second-order valence-corrected chi connectivity index (χ2v) is 5.40. The zero-order valence-corrected chi connectivity index (χ0v) is 15.5. The van der Waals surface area contributed by atoms with Crippen LogP contribution in [-0.2, 0) is 22.6 Å². The number of aliphatic hydroxyl groups excluding tert-OH is 2. The van der Waals surface area contributed by atoms with Gasteiger partial charge in [0.15, 0.2) is 0 Å². The van der Waals surface area contributed by atoms with Gasteiger partial charge in [-0.1, -0.05) is 60.7 Å². The van der Waals surface area contributed by atoms with Gasteiger partial charge in [-0.3, -0.25) is 0 Å². The van der Waals surface area contributed by atoms with Crippen LogP contribution >= 0.6 is 0 Å². The first-order valence-corrected chi connectivity index (χ1v) is 8.76. The number of ether oxygens (including phenoxy) is 2. The fourth-order valence-corrected chi connectivity index (χ4v) is 1.92. The van der Waals surface area contributed by atoms with E-state index in [1.165, 1.54) is 0 Å². The highest BCUT2D eigenvalue weighted by atomic mass is 16.6. The maximum absolute atomic E-state index is 10.9. The van der Waals surface area contributed by atoms with Gasteiger partial charge in [-0.2, -0.15) is 0 Å². The predicted octanol–water partition coefficient (Wildman–Crippen LogP) is 1.81. The first-order valence-electron chi connectivity index (χ1n) is 8.76. The lowest BCUT2D eigenvalue weighted by Crippen LogP contribution is -2.24. The number of carbonyl (C=O) groups excluding carboxylic acids is 2. The van der Waals surface area contributed by atoms with Crippen LogP contribution < -0.4 is 10.6 Å². The molecule has 0 aliphatic heterocycles. The van der Waals surface area contributed by atoms with E-state index in [-0.39, 0.29) is 26.4 Å². The van der Waals surface area contributed by atoms with Crippen molar-refractivity contribution in [2.45, 2.75) is 13.1 Å². The number of nitrogens with one attached hydrogen (secondary N) is 2. The van der Waals surface area contributed by atoms with Crippen LogP contribution in [0.4, 0.5) is 9.59 Å². The van der Waals surface area contributed by atoms with Crippen LogP contribution in [0.1, 0.15) is 11.1 Å². The highest BCUT2D eigenvalue weighted by Gasteiger charge is 2.00. The van der Waals surface area contributed by atoms with Gasteiger partial charge in [0.1, 0.15) is 13.2 Å². The second-order valence-electron chi connectivity index (χ2n) is 5.40. The summed E-state index contributed by atoms with van der Waals surface area (Å²) in [6, 6.07) is 19.1. The minimum Gasteiger partial charge on any atom is -0.447 e. The molecule has 0 saturated heterocycles. The molecule has 28 heavy (non-hydrogen) atoms. The van der Waals surface area contributed by atoms with Gasteiger partial charge in [0, 0.05) is 13.1 Å². The van der Waals surface area contributed by atoms with Gasteiger partial charge in [-0.25, -0.2) is 9.59 Å². The highest BCUT2D eigenvalue weighted by molar-refractivity contribution is 5.67. The van der Waals surface area contributed by atoms with Gasteiger partial charge >= 0.3 is 12.2 Å². The van der Waals surface area contributed by atoms with Crippen molar-refractivity contribution in [1.82, 2.24) is 10.6 Å². The van der Waals surface area contributed by atoms with E-state index >= 15 is 0 Å². The molecule has 0 fully saturated rings. The summed E-state index contributed by atoms with van der Waals surface area (Å²) in [4.78, 5) is 21.9. The quantitative estimate of drug-likeness (QED) is 0.546. The number of alkyl carbamates (subject to hydrolysis) is 2. The van der Waals surface area contributed by atoms with Crippen LogP contribution in [0.25, 0.3) is 0 Å².